The zero-order chi connectivity index (χ0) is 15.7. The first-order valence-corrected chi connectivity index (χ1v) is 7.69. The highest BCUT2D eigenvalue weighted by Crippen LogP contribution is 2.47. The van der Waals surface area contributed by atoms with Crippen LogP contribution in [0.5, 0.6) is 5.75 Å². The van der Waals surface area contributed by atoms with E-state index < -0.39 is 6.10 Å². The van der Waals surface area contributed by atoms with Crippen LogP contribution in [-0.2, 0) is 9.53 Å². The molecule has 2 atom stereocenters. The predicted octanol–water partition coefficient (Wildman–Crippen LogP) is 4.40. The first-order valence-electron chi connectivity index (χ1n) is 6.90. The van der Waals surface area contributed by atoms with E-state index in [1.54, 1.807) is 7.11 Å². The van der Waals surface area contributed by atoms with Crippen LogP contribution in [0, 0.1) is 0 Å². The van der Waals surface area contributed by atoms with Crippen LogP contribution in [0.2, 0.25) is 0 Å². The Morgan fingerprint density at radius 1 is 1.18 bits per heavy atom. The van der Waals surface area contributed by atoms with Crippen LogP contribution >= 0.6 is 15.9 Å². The number of hydrogen-bond donors (Lipinski definition) is 0. The minimum absolute atomic E-state index is 0.213. The van der Waals surface area contributed by atoms with Crippen molar-refractivity contribution in [3.63, 3.8) is 0 Å². The molecule has 0 unspecified atom stereocenters. The van der Waals surface area contributed by atoms with Crippen molar-refractivity contribution in [2.75, 3.05) is 7.11 Å². The van der Waals surface area contributed by atoms with E-state index in [2.05, 4.69) is 22.5 Å². The van der Waals surface area contributed by atoms with E-state index in [9.17, 15) is 4.79 Å². The Bertz CT molecular complexity index is 739. The van der Waals surface area contributed by atoms with E-state index in [4.69, 9.17) is 9.47 Å². The summed E-state index contributed by atoms with van der Waals surface area (Å²) in [6.45, 7) is 3.93. The number of halogens is 1. The van der Waals surface area contributed by atoms with Gasteiger partial charge in [0.05, 0.1) is 13.0 Å². The molecule has 0 spiro atoms. The Morgan fingerprint density at radius 3 is 2.68 bits per heavy atom. The number of methoxy groups -OCH3 is 1. The van der Waals surface area contributed by atoms with E-state index in [-0.39, 0.29) is 11.9 Å². The second-order valence-corrected chi connectivity index (χ2v) is 5.98. The van der Waals surface area contributed by atoms with E-state index in [0.717, 1.165) is 21.3 Å². The monoisotopic (exact) mass is 358 g/mol. The molecule has 1 fully saturated rings. The Labute approximate surface area is 137 Å². The topological polar surface area (TPSA) is 35.5 Å². The van der Waals surface area contributed by atoms with Crippen molar-refractivity contribution in [3.8, 4) is 5.75 Å². The van der Waals surface area contributed by atoms with Crippen LogP contribution in [0.25, 0.3) is 0 Å². The fourth-order valence-electron chi connectivity index (χ4n) is 2.73. The first-order chi connectivity index (χ1) is 10.6. The minimum atomic E-state index is -0.395. The lowest BCUT2D eigenvalue weighted by Crippen LogP contribution is -2.08. The van der Waals surface area contributed by atoms with Gasteiger partial charge in [0.15, 0.2) is 0 Å². The molecule has 0 aromatic heterocycles. The quantitative estimate of drug-likeness (QED) is 0.602. The lowest BCUT2D eigenvalue weighted by molar-refractivity contribution is -0.139. The largest absolute Gasteiger partial charge is 0.497 e. The Kier molecular flexibility index (Phi) is 4.03. The van der Waals surface area contributed by atoms with Gasteiger partial charge in [0.2, 0.25) is 0 Å². The summed E-state index contributed by atoms with van der Waals surface area (Å²) in [5.41, 5.74) is 2.36. The summed E-state index contributed by atoms with van der Waals surface area (Å²) in [6, 6.07) is 15.4. The second kappa shape index (κ2) is 5.97. The van der Waals surface area contributed by atoms with Gasteiger partial charge in [-0.2, -0.15) is 0 Å². The molecule has 2 aromatic carbocycles. The van der Waals surface area contributed by atoms with Gasteiger partial charge in [-0.1, -0.05) is 52.8 Å². The molecule has 1 saturated heterocycles. The first kappa shape index (κ1) is 14.9. The van der Waals surface area contributed by atoms with Crippen molar-refractivity contribution in [2.24, 2.45) is 0 Å². The van der Waals surface area contributed by atoms with E-state index >= 15 is 0 Å². The van der Waals surface area contributed by atoms with Crippen LogP contribution in [-0.4, -0.2) is 13.1 Å². The zero-order valence-electron chi connectivity index (χ0n) is 12.1. The minimum Gasteiger partial charge on any atom is -0.497 e. The highest BCUT2D eigenvalue weighted by atomic mass is 79.9. The maximum atomic E-state index is 12.0. The number of cyclic esters (lactones) is 1. The molecular formula is C18H15BrO3. The summed E-state index contributed by atoms with van der Waals surface area (Å²) < 4.78 is 11.8. The molecular weight excluding hydrogens is 344 g/mol. The molecule has 0 N–H and O–H groups in total. The van der Waals surface area contributed by atoms with E-state index in [1.807, 2.05) is 48.5 Å². The number of esters is 1. The van der Waals surface area contributed by atoms with Gasteiger partial charge in [0, 0.05) is 10.0 Å². The third kappa shape index (κ3) is 2.55. The van der Waals surface area contributed by atoms with Gasteiger partial charge >= 0.3 is 5.97 Å². The highest BCUT2D eigenvalue weighted by molar-refractivity contribution is 9.10. The average molecular weight is 359 g/mol. The Balaban J connectivity index is 2.07. The standard InChI is InChI=1S/C18H15BrO3/c1-11-16(14-8-3-4-9-15(14)19)17(22-18(11)20)12-6-5-7-13(10-12)21-2/h3-10,16-17H,1H2,2H3/t16-,17+/m0/s1. The molecule has 0 aliphatic carbocycles. The molecule has 3 rings (SSSR count). The van der Waals surface area contributed by atoms with Crippen molar-refractivity contribution in [1.82, 2.24) is 0 Å². The van der Waals surface area contributed by atoms with Crippen molar-refractivity contribution in [1.29, 1.82) is 0 Å². The summed E-state index contributed by atoms with van der Waals surface area (Å²) in [5.74, 6) is 0.167. The fraction of sp³-hybridized carbons (Fsp3) is 0.167. The van der Waals surface area contributed by atoms with Crippen molar-refractivity contribution in [3.05, 3.63) is 76.3 Å². The molecule has 1 aliphatic heterocycles. The Morgan fingerprint density at radius 2 is 1.95 bits per heavy atom. The van der Waals surface area contributed by atoms with Gasteiger partial charge < -0.3 is 9.47 Å². The molecule has 2 aromatic rings. The molecule has 1 aliphatic rings. The van der Waals surface area contributed by atoms with Crippen molar-refractivity contribution < 1.29 is 14.3 Å². The smallest absolute Gasteiger partial charge is 0.334 e. The molecule has 0 radical (unpaired) electrons. The normalized spacial score (nSPS) is 20.8. The average Bonchev–Trinajstić information content (AvgIpc) is 2.84. The van der Waals surface area contributed by atoms with Gasteiger partial charge in [-0.05, 0) is 29.3 Å². The molecule has 22 heavy (non-hydrogen) atoms. The van der Waals surface area contributed by atoms with Crippen LogP contribution in [0.4, 0.5) is 0 Å². The molecule has 0 saturated carbocycles. The van der Waals surface area contributed by atoms with Crippen molar-refractivity contribution in [2.45, 2.75) is 12.0 Å². The highest BCUT2D eigenvalue weighted by Gasteiger charge is 2.41. The molecule has 3 nitrogen and oxygen atoms in total. The molecule has 1 heterocycles. The maximum Gasteiger partial charge on any atom is 0.334 e. The van der Waals surface area contributed by atoms with Crippen LogP contribution in [0.1, 0.15) is 23.1 Å². The van der Waals surface area contributed by atoms with E-state index in [1.165, 1.54) is 0 Å². The number of carbonyl (C=O) groups is 1. The second-order valence-electron chi connectivity index (χ2n) is 5.13. The molecule has 0 bridgehead atoms. The maximum absolute atomic E-state index is 12.0. The fourth-order valence-corrected chi connectivity index (χ4v) is 3.26. The summed E-state index contributed by atoms with van der Waals surface area (Å²) >= 11 is 3.55. The van der Waals surface area contributed by atoms with Gasteiger partial charge in [-0.15, -0.1) is 0 Å². The predicted molar refractivity (Wildman–Crippen MR) is 87.9 cm³/mol. The lowest BCUT2D eigenvalue weighted by atomic mass is 9.86. The zero-order valence-corrected chi connectivity index (χ0v) is 13.7. The van der Waals surface area contributed by atoms with Gasteiger partial charge in [-0.25, -0.2) is 4.79 Å². The van der Waals surface area contributed by atoms with Gasteiger partial charge in [0.25, 0.3) is 0 Å². The van der Waals surface area contributed by atoms with Crippen molar-refractivity contribution >= 4 is 21.9 Å². The SMILES string of the molecule is C=C1C(=O)O[C@H](c2cccc(OC)c2)[C@@H]1c1ccccc1Br. The van der Waals surface area contributed by atoms with Crippen LogP contribution in [0.15, 0.2) is 65.2 Å². The summed E-state index contributed by atoms with van der Waals surface area (Å²) in [5, 5.41) is 0. The summed E-state index contributed by atoms with van der Waals surface area (Å²) in [7, 11) is 1.62. The summed E-state index contributed by atoms with van der Waals surface area (Å²) in [4.78, 5) is 12.0. The third-order valence-corrected chi connectivity index (χ3v) is 4.56. The Hall–Kier alpha value is -2.07. The molecule has 112 valence electrons. The van der Waals surface area contributed by atoms with Crippen LogP contribution in [0.3, 0.4) is 0 Å². The number of carbonyl (C=O) groups excluding carboxylic acids is 1. The molecule has 0 amide bonds. The lowest BCUT2D eigenvalue weighted by Gasteiger charge is -2.20. The number of benzene rings is 2. The molecule has 4 heteroatoms. The number of rotatable bonds is 3. The van der Waals surface area contributed by atoms with Crippen LogP contribution < -0.4 is 4.74 Å². The van der Waals surface area contributed by atoms with Gasteiger partial charge in [0.1, 0.15) is 11.9 Å². The number of ether oxygens (including phenoxy) is 2. The number of hydrogen-bond acceptors (Lipinski definition) is 3. The third-order valence-electron chi connectivity index (χ3n) is 3.84. The summed E-state index contributed by atoms with van der Waals surface area (Å²) in [6.07, 6.45) is -0.395. The van der Waals surface area contributed by atoms with E-state index in [0.29, 0.717) is 5.57 Å². The van der Waals surface area contributed by atoms with Gasteiger partial charge in [-0.3, -0.25) is 0 Å².